The third-order valence-corrected chi connectivity index (χ3v) is 4.24. The highest BCUT2D eigenvalue weighted by atomic mass is 35.5. The number of likely N-dealkylation sites (N-methyl/N-ethyl adjacent to an activating group) is 2. The highest BCUT2D eigenvalue weighted by Crippen LogP contribution is 2.31. The fourth-order valence-corrected chi connectivity index (χ4v) is 2.91. The summed E-state index contributed by atoms with van der Waals surface area (Å²) in [7, 11) is 5.04. The van der Waals surface area contributed by atoms with Gasteiger partial charge in [0.05, 0.1) is 0 Å². The number of anilines is 1. The van der Waals surface area contributed by atoms with E-state index in [0.29, 0.717) is 5.13 Å². The third kappa shape index (κ3) is 3.23. The van der Waals surface area contributed by atoms with Crippen molar-refractivity contribution in [3.8, 4) is 0 Å². The zero-order chi connectivity index (χ0) is 15.6. The minimum absolute atomic E-state index is 0.178. The summed E-state index contributed by atoms with van der Waals surface area (Å²) in [6.45, 7) is 0. The summed E-state index contributed by atoms with van der Waals surface area (Å²) in [5, 5.41) is 2.56. The molecule has 21 heavy (non-hydrogen) atoms. The molecule has 0 bridgehead atoms. The Labute approximate surface area is 131 Å². The Bertz CT molecular complexity index is 613. The Morgan fingerprint density at radius 2 is 2.10 bits per heavy atom. The van der Waals surface area contributed by atoms with Crippen molar-refractivity contribution >= 4 is 34.0 Å². The molecule has 4 nitrogen and oxygen atoms in total. The second-order valence-electron chi connectivity index (χ2n) is 4.71. The molecule has 0 spiro atoms. The zero-order valence-corrected chi connectivity index (χ0v) is 13.5. The molecule has 0 saturated heterocycles. The van der Waals surface area contributed by atoms with Gasteiger partial charge in [0, 0.05) is 29.2 Å². The summed E-state index contributed by atoms with van der Waals surface area (Å²) in [6, 6.07) is 3.58. The van der Waals surface area contributed by atoms with E-state index in [-0.39, 0.29) is 16.5 Å². The van der Waals surface area contributed by atoms with Crippen LogP contribution in [-0.4, -0.2) is 36.9 Å². The fourth-order valence-electron chi connectivity index (χ4n) is 2.03. The smallest absolute Gasteiger partial charge is 0.250 e. The molecule has 0 unspecified atom stereocenters. The number of carbonyl (C=O) groups is 1. The number of rotatable bonds is 4. The predicted octanol–water partition coefficient (Wildman–Crippen LogP) is 3.20. The first kappa shape index (κ1) is 15.9. The highest BCUT2D eigenvalue weighted by Gasteiger charge is 2.31. The Morgan fingerprint density at radius 1 is 1.38 bits per heavy atom. The summed E-state index contributed by atoms with van der Waals surface area (Å²) in [4.78, 5) is 19.9. The summed E-state index contributed by atoms with van der Waals surface area (Å²) < 4.78 is 14.1. The van der Waals surface area contributed by atoms with Crippen LogP contribution < -0.4 is 4.90 Å². The maximum absolute atomic E-state index is 14.1. The molecule has 0 aliphatic carbocycles. The molecular weight excluding hydrogens is 313 g/mol. The van der Waals surface area contributed by atoms with Crippen LogP contribution in [0.2, 0.25) is 5.02 Å². The standard InChI is InChI=1S/C14H15ClFN3OS/c1-18(2)12(11-9(15)5-4-6-10(11)16)13(20)19(3)14-17-7-8-21-14/h4-8,12H,1-3H3/t12-/m0/s1. The molecule has 7 heteroatoms. The number of amides is 1. The molecule has 0 radical (unpaired) electrons. The molecule has 0 aliphatic rings. The van der Waals surface area contributed by atoms with Crippen LogP contribution in [0.25, 0.3) is 0 Å². The summed E-state index contributed by atoms with van der Waals surface area (Å²) in [5.41, 5.74) is 0.178. The van der Waals surface area contributed by atoms with Gasteiger partial charge in [-0.2, -0.15) is 0 Å². The lowest BCUT2D eigenvalue weighted by Crippen LogP contribution is -2.39. The first-order valence-corrected chi connectivity index (χ1v) is 7.46. The minimum Gasteiger partial charge on any atom is -0.294 e. The molecule has 0 fully saturated rings. The van der Waals surface area contributed by atoms with Gasteiger partial charge in [-0.05, 0) is 26.2 Å². The van der Waals surface area contributed by atoms with Gasteiger partial charge in [0.1, 0.15) is 11.9 Å². The predicted molar refractivity (Wildman–Crippen MR) is 83.4 cm³/mol. The molecule has 1 aromatic heterocycles. The molecule has 0 saturated carbocycles. The number of thiazole rings is 1. The van der Waals surface area contributed by atoms with Gasteiger partial charge in [-0.3, -0.25) is 14.6 Å². The van der Waals surface area contributed by atoms with E-state index in [2.05, 4.69) is 4.98 Å². The number of hydrogen-bond acceptors (Lipinski definition) is 4. The first-order chi connectivity index (χ1) is 9.93. The van der Waals surface area contributed by atoms with Gasteiger partial charge in [-0.1, -0.05) is 17.7 Å². The molecule has 0 aliphatic heterocycles. The third-order valence-electron chi connectivity index (χ3n) is 3.06. The van der Waals surface area contributed by atoms with Gasteiger partial charge >= 0.3 is 0 Å². The number of benzene rings is 1. The Balaban J connectivity index is 2.42. The summed E-state index contributed by atoms with van der Waals surface area (Å²) >= 11 is 7.43. The topological polar surface area (TPSA) is 36.4 Å². The van der Waals surface area contributed by atoms with Crippen molar-refractivity contribution in [1.82, 2.24) is 9.88 Å². The van der Waals surface area contributed by atoms with Crippen molar-refractivity contribution in [2.24, 2.45) is 0 Å². The monoisotopic (exact) mass is 327 g/mol. The SMILES string of the molecule is CN(C(=O)[C@H](c1c(F)cccc1Cl)N(C)C)c1nccs1. The van der Waals surface area contributed by atoms with Crippen LogP contribution in [-0.2, 0) is 4.79 Å². The number of halogens is 2. The van der Waals surface area contributed by atoms with Crippen molar-refractivity contribution in [2.75, 3.05) is 26.0 Å². The van der Waals surface area contributed by atoms with Crippen LogP contribution >= 0.6 is 22.9 Å². The number of hydrogen-bond donors (Lipinski definition) is 0. The second kappa shape index (κ2) is 6.51. The maximum Gasteiger partial charge on any atom is 0.250 e. The van der Waals surface area contributed by atoms with Crippen LogP contribution in [0, 0.1) is 5.82 Å². The fraction of sp³-hybridized carbons (Fsp3) is 0.286. The molecule has 2 aromatic rings. The Morgan fingerprint density at radius 3 is 2.62 bits per heavy atom. The van der Waals surface area contributed by atoms with Gasteiger partial charge < -0.3 is 0 Å². The lowest BCUT2D eigenvalue weighted by atomic mass is 10.0. The molecule has 2 rings (SSSR count). The van der Waals surface area contributed by atoms with Crippen molar-refractivity contribution in [1.29, 1.82) is 0 Å². The van der Waals surface area contributed by atoms with Crippen LogP contribution in [0.1, 0.15) is 11.6 Å². The van der Waals surface area contributed by atoms with E-state index < -0.39 is 11.9 Å². The van der Waals surface area contributed by atoms with Crippen LogP contribution in [0.15, 0.2) is 29.8 Å². The van der Waals surface area contributed by atoms with Crippen LogP contribution in [0.3, 0.4) is 0 Å². The molecule has 0 N–H and O–H groups in total. The van der Waals surface area contributed by atoms with Crippen LogP contribution in [0.4, 0.5) is 9.52 Å². The van der Waals surface area contributed by atoms with E-state index >= 15 is 0 Å². The average molecular weight is 328 g/mol. The van der Waals surface area contributed by atoms with Gasteiger partial charge in [0.2, 0.25) is 0 Å². The molecule has 1 aromatic carbocycles. The van der Waals surface area contributed by atoms with E-state index in [4.69, 9.17) is 11.6 Å². The Kier molecular flexibility index (Phi) is 4.92. The first-order valence-electron chi connectivity index (χ1n) is 6.21. The van der Waals surface area contributed by atoms with Gasteiger partial charge in [0.15, 0.2) is 5.13 Å². The number of carbonyl (C=O) groups excluding carboxylic acids is 1. The quantitative estimate of drug-likeness (QED) is 0.865. The largest absolute Gasteiger partial charge is 0.294 e. The molecule has 112 valence electrons. The molecule has 1 amide bonds. The molecular formula is C14H15ClFN3OS. The second-order valence-corrected chi connectivity index (χ2v) is 5.99. The maximum atomic E-state index is 14.1. The Hall–Kier alpha value is -1.50. The van der Waals surface area contributed by atoms with Crippen molar-refractivity contribution < 1.29 is 9.18 Å². The van der Waals surface area contributed by atoms with E-state index in [1.807, 2.05) is 0 Å². The van der Waals surface area contributed by atoms with Crippen molar-refractivity contribution in [3.63, 3.8) is 0 Å². The normalized spacial score (nSPS) is 12.5. The minimum atomic E-state index is -0.812. The lowest BCUT2D eigenvalue weighted by molar-refractivity contribution is -0.123. The highest BCUT2D eigenvalue weighted by molar-refractivity contribution is 7.13. The van der Waals surface area contributed by atoms with Gasteiger partial charge in [-0.25, -0.2) is 9.37 Å². The van der Waals surface area contributed by atoms with Crippen molar-refractivity contribution in [2.45, 2.75) is 6.04 Å². The summed E-state index contributed by atoms with van der Waals surface area (Å²) in [6.07, 6.45) is 1.62. The number of aromatic nitrogens is 1. The van der Waals surface area contributed by atoms with E-state index in [1.54, 1.807) is 43.7 Å². The molecule has 1 atom stereocenters. The van der Waals surface area contributed by atoms with E-state index in [9.17, 15) is 9.18 Å². The van der Waals surface area contributed by atoms with Crippen LogP contribution in [0.5, 0.6) is 0 Å². The van der Waals surface area contributed by atoms with Gasteiger partial charge in [-0.15, -0.1) is 11.3 Å². The van der Waals surface area contributed by atoms with E-state index in [0.717, 1.165) is 0 Å². The van der Waals surface area contributed by atoms with E-state index in [1.165, 1.54) is 28.4 Å². The average Bonchev–Trinajstić information content (AvgIpc) is 2.95. The van der Waals surface area contributed by atoms with Gasteiger partial charge in [0.25, 0.3) is 5.91 Å². The van der Waals surface area contributed by atoms with Crippen molar-refractivity contribution in [3.05, 3.63) is 46.2 Å². The zero-order valence-electron chi connectivity index (χ0n) is 11.9. The molecule has 1 heterocycles. The lowest BCUT2D eigenvalue weighted by Gasteiger charge is -2.28. The summed E-state index contributed by atoms with van der Waals surface area (Å²) in [5.74, 6) is -0.788. The number of nitrogens with zero attached hydrogens (tertiary/aromatic N) is 3.